The molecule has 0 fully saturated rings. The highest BCUT2D eigenvalue weighted by atomic mass is 32.1. The summed E-state index contributed by atoms with van der Waals surface area (Å²) in [5.74, 6) is 0.259. The average Bonchev–Trinajstić information content (AvgIpc) is 2.80. The molecule has 1 aromatic carbocycles. The van der Waals surface area contributed by atoms with E-state index in [0.717, 1.165) is 0 Å². The molecule has 2 heteroatoms. The summed E-state index contributed by atoms with van der Waals surface area (Å²) in [7, 11) is 0. The lowest BCUT2D eigenvalue weighted by atomic mass is 9.76. The number of benzene rings is 1. The summed E-state index contributed by atoms with van der Waals surface area (Å²) in [6, 6.07) is 12.6. The fourth-order valence-electron chi connectivity index (χ4n) is 2.55. The molecule has 2 aromatic rings. The lowest BCUT2D eigenvalue weighted by Crippen LogP contribution is -2.40. The van der Waals surface area contributed by atoms with Crippen molar-refractivity contribution in [2.45, 2.75) is 18.4 Å². The van der Waals surface area contributed by atoms with Gasteiger partial charge in [0.15, 0.2) is 0 Å². The first-order chi connectivity index (χ1) is 8.19. The molecule has 0 spiro atoms. The molecule has 86 valence electrons. The third-order valence-corrected chi connectivity index (χ3v) is 4.64. The van der Waals surface area contributed by atoms with Gasteiger partial charge in [0.05, 0.1) is 5.54 Å². The molecule has 1 nitrogen and oxygen atoms in total. The maximum atomic E-state index is 6.57. The minimum absolute atomic E-state index is 0.259. The van der Waals surface area contributed by atoms with Crippen molar-refractivity contribution < 1.29 is 0 Å². The first-order valence-corrected chi connectivity index (χ1v) is 6.67. The molecule has 2 N–H and O–H groups in total. The van der Waals surface area contributed by atoms with E-state index in [4.69, 9.17) is 5.73 Å². The van der Waals surface area contributed by atoms with Crippen molar-refractivity contribution in [1.82, 2.24) is 0 Å². The standard InChI is InChI=1S/C15H15NS/c1-15(16)13(11-5-3-2-4-6-11)8-7-12-9-10-17-14(12)15/h2-10,13H,16H2,1H3. The van der Waals surface area contributed by atoms with Crippen LogP contribution >= 0.6 is 11.3 Å². The van der Waals surface area contributed by atoms with Gasteiger partial charge in [0.25, 0.3) is 0 Å². The fraction of sp³-hybridized carbons (Fsp3) is 0.200. The van der Waals surface area contributed by atoms with Crippen LogP contribution in [0.2, 0.25) is 0 Å². The van der Waals surface area contributed by atoms with E-state index in [1.165, 1.54) is 16.0 Å². The first kappa shape index (κ1) is 10.8. The van der Waals surface area contributed by atoms with E-state index >= 15 is 0 Å². The number of thiophene rings is 1. The van der Waals surface area contributed by atoms with Crippen LogP contribution in [-0.4, -0.2) is 0 Å². The third-order valence-electron chi connectivity index (χ3n) is 3.46. The van der Waals surface area contributed by atoms with Gasteiger partial charge in [-0.25, -0.2) is 0 Å². The summed E-state index contributed by atoms with van der Waals surface area (Å²) < 4.78 is 0. The molecule has 0 aliphatic heterocycles. The monoisotopic (exact) mass is 241 g/mol. The predicted molar refractivity (Wildman–Crippen MR) is 74.1 cm³/mol. The van der Waals surface area contributed by atoms with Gasteiger partial charge in [-0.15, -0.1) is 11.3 Å². The Morgan fingerprint density at radius 1 is 1.18 bits per heavy atom. The lowest BCUT2D eigenvalue weighted by Gasteiger charge is -2.35. The van der Waals surface area contributed by atoms with Crippen LogP contribution in [0.25, 0.3) is 6.08 Å². The van der Waals surface area contributed by atoms with Crippen molar-refractivity contribution in [3.63, 3.8) is 0 Å². The Balaban J connectivity index is 2.10. The number of hydrogen-bond acceptors (Lipinski definition) is 2. The Labute approximate surface area is 106 Å². The Morgan fingerprint density at radius 3 is 2.71 bits per heavy atom. The Morgan fingerprint density at radius 2 is 1.94 bits per heavy atom. The van der Waals surface area contributed by atoms with E-state index in [2.05, 4.69) is 54.8 Å². The largest absolute Gasteiger partial charge is 0.320 e. The zero-order valence-corrected chi connectivity index (χ0v) is 10.6. The molecule has 0 bridgehead atoms. The molecular formula is C15H15NS. The lowest BCUT2D eigenvalue weighted by molar-refractivity contribution is 0.447. The second kappa shape index (κ2) is 3.83. The maximum Gasteiger partial charge on any atom is 0.0585 e. The van der Waals surface area contributed by atoms with E-state index in [1.54, 1.807) is 11.3 Å². The maximum absolute atomic E-state index is 6.57. The molecule has 17 heavy (non-hydrogen) atoms. The predicted octanol–water partition coefficient (Wildman–Crippen LogP) is 3.73. The van der Waals surface area contributed by atoms with Crippen LogP contribution in [0.15, 0.2) is 47.9 Å². The summed E-state index contributed by atoms with van der Waals surface area (Å²) in [4.78, 5) is 1.29. The van der Waals surface area contributed by atoms with Gasteiger partial charge in [-0.2, -0.15) is 0 Å². The minimum atomic E-state index is -0.306. The van der Waals surface area contributed by atoms with Crippen molar-refractivity contribution in [3.8, 4) is 0 Å². The number of rotatable bonds is 1. The van der Waals surface area contributed by atoms with Gasteiger partial charge in [0.1, 0.15) is 0 Å². The molecular weight excluding hydrogens is 226 g/mol. The van der Waals surface area contributed by atoms with Crippen molar-refractivity contribution in [2.75, 3.05) is 0 Å². The molecule has 1 aromatic heterocycles. The molecule has 3 rings (SSSR count). The molecule has 1 heterocycles. The van der Waals surface area contributed by atoms with Crippen LogP contribution in [0.1, 0.15) is 28.8 Å². The third kappa shape index (κ3) is 1.65. The molecule has 0 saturated carbocycles. The number of fused-ring (bicyclic) bond motifs is 1. The van der Waals surface area contributed by atoms with E-state index in [9.17, 15) is 0 Å². The van der Waals surface area contributed by atoms with Crippen LogP contribution in [0.4, 0.5) is 0 Å². The minimum Gasteiger partial charge on any atom is -0.320 e. The Kier molecular flexibility index (Phi) is 2.42. The Bertz CT molecular complexity index is 551. The van der Waals surface area contributed by atoms with Gasteiger partial charge in [0.2, 0.25) is 0 Å². The molecule has 1 aliphatic carbocycles. The molecule has 2 atom stereocenters. The molecule has 1 aliphatic rings. The second-order valence-electron chi connectivity index (χ2n) is 4.74. The van der Waals surface area contributed by atoms with Crippen molar-refractivity contribution in [1.29, 1.82) is 0 Å². The smallest absolute Gasteiger partial charge is 0.0585 e. The topological polar surface area (TPSA) is 26.0 Å². The second-order valence-corrected chi connectivity index (χ2v) is 5.65. The van der Waals surface area contributed by atoms with Crippen molar-refractivity contribution in [2.24, 2.45) is 5.73 Å². The van der Waals surface area contributed by atoms with Crippen molar-refractivity contribution in [3.05, 3.63) is 63.9 Å². The molecule has 0 radical (unpaired) electrons. The highest BCUT2D eigenvalue weighted by molar-refractivity contribution is 7.10. The molecule has 2 unspecified atom stereocenters. The van der Waals surface area contributed by atoms with Gasteiger partial charge in [-0.05, 0) is 29.5 Å². The fourth-order valence-corrected chi connectivity index (χ4v) is 3.55. The van der Waals surface area contributed by atoms with Crippen LogP contribution in [0.5, 0.6) is 0 Å². The Hall–Kier alpha value is -1.38. The quantitative estimate of drug-likeness (QED) is 0.809. The van der Waals surface area contributed by atoms with Crippen LogP contribution in [0, 0.1) is 0 Å². The van der Waals surface area contributed by atoms with E-state index in [-0.39, 0.29) is 11.5 Å². The van der Waals surface area contributed by atoms with E-state index in [1.807, 2.05) is 6.07 Å². The number of nitrogens with two attached hydrogens (primary N) is 1. The van der Waals surface area contributed by atoms with Crippen LogP contribution in [0.3, 0.4) is 0 Å². The SMILES string of the molecule is CC1(N)c2sccc2C=CC1c1ccccc1. The summed E-state index contributed by atoms with van der Waals surface area (Å²) in [5.41, 5.74) is 8.82. The van der Waals surface area contributed by atoms with E-state index in [0.29, 0.717) is 0 Å². The summed E-state index contributed by atoms with van der Waals surface area (Å²) in [6.45, 7) is 2.13. The zero-order valence-electron chi connectivity index (χ0n) is 9.76. The highest BCUT2D eigenvalue weighted by Crippen LogP contribution is 2.43. The average molecular weight is 241 g/mol. The highest BCUT2D eigenvalue weighted by Gasteiger charge is 2.36. The van der Waals surface area contributed by atoms with Crippen LogP contribution in [-0.2, 0) is 5.54 Å². The van der Waals surface area contributed by atoms with Gasteiger partial charge in [-0.3, -0.25) is 0 Å². The van der Waals surface area contributed by atoms with Gasteiger partial charge in [-0.1, -0.05) is 42.5 Å². The summed E-state index contributed by atoms with van der Waals surface area (Å²) >= 11 is 1.75. The first-order valence-electron chi connectivity index (χ1n) is 5.79. The van der Waals surface area contributed by atoms with Crippen molar-refractivity contribution >= 4 is 17.4 Å². The number of hydrogen-bond donors (Lipinski definition) is 1. The molecule has 0 saturated heterocycles. The van der Waals surface area contributed by atoms with Gasteiger partial charge < -0.3 is 5.73 Å². The van der Waals surface area contributed by atoms with E-state index < -0.39 is 0 Å². The normalized spacial score (nSPS) is 26.8. The van der Waals surface area contributed by atoms with Gasteiger partial charge in [0, 0.05) is 10.8 Å². The van der Waals surface area contributed by atoms with Crippen LogP contribution < -0.4 is 5.73 Å². The summed E-state index contributed by atoms with van der Waals surface area (Å²) in [5, 5.41) is 2.12. The van der Waals surface area contributed by atoms with Gasteiger partial charge >= 0.3 is 0 Å². The molecule has 0 amide bonds. The zero-order chi connectivity index (χ0) is 11.9. The summed E-state index contributed by atoms with van der Waals surface area (Å²) in [6.07, 6.45) is 4.42.